The molecule has 0 aliphatic carbocycles. The van der Waals surface area contributed by atoms with Crippen LogP contribution in [-0.2, 0) is 0 Å². The van der Waals surface area contributed by atoms with Crippen molar-refractivity contribution in [2.24, 2.45) is 0 Å². The van der Waals surface area contributed by atoms with Crippen LogP contribution in [0.25, 0.3) is 0 Å². The van der Waals surface area contributed by atoms with Gasteiger partial charge in [-0.1, -0.05) is 39.8 Å². The maximum Gasteiger partial charge on any atom is 0.119 e. The molecule has 0 saturated carbocycles. The molecule has 1 N–H and O–H groups in total. The molecule has 1 atom stereocenters. The van der Waals surface area contributed by atoms with Crippen molar-refractivity contribution in [3.63, 3.8) is 0 Å². The molecule has 0 heterocycles. The van der Waals surface area contributed by atoms with Crippen molar-refractivity contribution in [2.45, 2.75) is 65.5 Å². The lowest BCUT2D eigenvalue weighted by atomic mass is 10.0. The summed E-state index contributed by atoms with van der Waals surface area (Å²) in [6.45, 7) is 12.0. The summed E-state index contributed by atoms with van der Waals surface area (Å²) >= 11 is 0. The standard InChI is InChI=1S/C17H29NO/c1-13(2)16-8-10-17(11-9-16)19-15(5)7-6-12-18-14(3)4/h8-11,13-15,18H,6-7,12H2,1-5H3. The summed E-state index contributed by atoms with van der Waals surface area (Å²) in [7, 11) is 0. The molecule has 0 fully saturated rings. The zero-order chi connectivity index (χ0) is 14.3. The van der Waals surface area contributed by atoms with Gasteiger partial charge in [-0.2, -0.15) is 0 Å². The minimum absolute atomic E-state index is 0.277. The Kier molecular flexibility index (Phi) is 6.93. The first-order valence-electron chi connectivity index (χ1n) is 7.49. The predicted molar refractivity (Wildman–Crippen MR) is 83.0 cm³/mol. The van der Waals surface area contributed by atoms with Crippen LogP contribution in [0, 0.1) is 0 Å². The number of nitrogens with one attached hydrogen (secondary N) is 1. The molecule has 2 heteroatoms. The van der Waals surface area contributed by atoms with Gasteiger partial charge in [-0.3, -0.25) is 0 Å². The second-order valence-corrected chi connectivity index (χ2v) is 5.90. The zero-order valence-corrected chi connectivity index (χ0v) is 13.1. The normalized spacial score (nSPS) is 13.0. The van der Waals surface area contributed by atoms with Crippen molar-refractivity contribution in [2.75, 3.05) is 6.54 Å². The Hall–Kier alpha value is -1.02. The highest BCUT2D eigenvalue weighted by Crippen LogP contribution is 2.20. The molecule has 2 nitrogen and oxygen atoms in total. The Morgan fingerprint density at radius 2 is 1.63 bits per heavy atom. The van der Waals surface area contributed by atoms with Crippen molar-refractivity contribution >= 4 is 0 Å². The third kappa shape index (κ3) is 6.63. The average Bonchev–Trinajstić information content (AvgIpc) is 2.35. The first kappa shape index (κ1) is 16.0. The maximum atomic E-state index is 5.93. The van der Waals surface area contributed by atoms with Crippen molar-refractivity contribution in [1.82, 2.24) is 5.32 Å². The maximum absolute atomic E-state index is 5.93. The van der Waals surface area contributed by atoms with Crippen LogP contribution in [0.5, 0.6) is 5.75 Å². The van der Waals surface area contributed by atoms with Gasteiger partial charge in [0.2, 0.25) is 0 Å². The van der Waals surface area contributed by atoms with E-state index < -0.39 is 0 Å². The van der Waals surface area contributed by atoms with E-state index in [4.69, 9.17) is 4.74 Å². The second kappa shape index (κ2) is 8.21. The van der Waals surface area contributed by atoms with E-state index >= 15 is 0 Å². The Balaban J connectivity index is 2.29. The van der Waals surface area contributed by atoms with Crippen LogP contribution >= 0.6 is 0 Å². The van der Waals surface area contributed by atoms with Gasteiger partial charge in [0.15, 0.2) is 0 Å². The zero-order valence-electron chi connectivity index (χ0n) is 13.1. The highest BCUT2D eigenvalue weighted by molar-refractivity contribution is 5.29. The van der Waals surface area contributed by atoms with E-state index in [2.05, 4.69) is 64.2 Å². The van der Waals surface area contributed by atoms with Crippen molar-refractivity contribution < 1.29 is 4.74 Å². The van der Waals surface area contributed by atoms with E-state index in [-0.39, 0.29) is 6.10 Å². The Bertz CT molecular complexity index is 343. The van der Waals surface area contributed by atoms with Crippen LogP contribution < -0.4 is 10.1 Å². The molecule has 1 unspecified atom stereocenters. The number of hydrogen-bond acceptors (Lipinski definition) is 2. The molecular formula is C17H29NO. The lowest BCUT2D eigenvalue weighted by Gasteiger charge is -2.16. The van der Waals surface area contributed by atoms with Gasteiger partial charge in [0, 0.05) is 6.04 Å². The molecule has 0 spiro atoms. The molecule has 0 amide bonds. The topological polar surface area (TPSA) is 21.3 Å². The first-order valence-corrected chi connectivity index (χ1v) is 7.49. The smallest absolute Gasteiger partial charge is 0.119 e. The molecule has 1 aromatic rings. The van der Waals surface area contributed by atoms with Gasteiger partial charge in [-0.05, 0) is 49.9 Å². The first-order chi connectivity index (χ1) is 8.99. The minimum Gasteiger partial charge on any atom is -0.491 e. The molecule has 1 rings (SSSR count). The lowest BCUT2D eigenvalue weighted by molar-refractivity contribution is 0.207. The van der Waals surface area contributed by atoms with Gasteiger partial charge in [0.05, 0.1) is 6.10 Å². The number of hydrogen-bond donors (Lipinski definition) is 1. The second-order valence-electron chi connectivity index (χ2n) is 5.90. The molecule has 19 heavy (non-hydrogen) atoms. The van der Waals surface area contributed by atoms with Gasteiger partial charge in [0.1, 0.15) is 5.75 Å². The van der Waals surface area contributed by atoms with Crippen molar-refractivity contribution in [3.8, 4) is 5.75 Å². The average molecular weight is 263 g/mol. The summed E-state index contributed by atoms with van der Waals surface area (Å²) in [6.07, 6.45) is 2.52. The van der Waals surface area contributed by atoms with E-state index in [1.165, 1.54) is 5.56 Å². The van der Waals surface area contributed by atoms with E-state index in [0.717, 1.165) is 25.1 Å². The summed E-state index contributed by atoms with van der Waals surface area (Å²) < 4.78 is 5.93. The van der Waals surface area contributed by atoms with Crippen molar-refractivity contribution in [3.05, 3.63) is 29.8 Å². The van der Waals surface area contributed by atoms with Gasteiger partial charge >= 0.3 is 0 Å². The third-order valence-electron chi connectivity index (χ3n) is 3.22. The van der Waals surface area contributed by atoms with Gasteiger partial charge < -0.3 is 10.1 Å². The molecule has 1 aromatic carbocycles. The largest absolute Gasteiger partial charge is 0.491 e. The third-order valence-corrected chi connectivity index (χ3v) is 3.22. The van der Waals surface area contributed by atoms with E-state index in [1.54, 1.807) is 0 Å². The van der Waals surface area contributed by atoms with Crippen LogP contribution in [0.4, 0.5) is 0 Å². The lowest BCUT2D eigenvalue weighted by Crippen LogP contribution is -2.25. The Morgan fingerprint density at radius 1 is 1.00 bits per heavy atom. The highest BCUT2D eigenvalue weighted by Gasteiger charge is 2.05. The van der Waals surface area contributed by atoms with Crippen LogP contribution in [-0.4, -0.2) is 18.7 Å². The minimum atomic E-state index is 0.277. The molecule has 0 aromatic heterocycles. The summed E-state index contributed by atoms with van der Waals surface area (Å²) in [6, 6.07) is 9.05. The molecule has 0 aliphatic rings. The highest BCUT2D eigenvalue weighted by atomic mass is 16.5. The van der Waals surface area contributed by atoms with Crippen LogP contribution in [0.3, 0.4) is 0 Å². The van der Waals surface area contributed by atoms with Crippen molar-refractivity contribution in [1.29, 1.82) is 0 Å². The Morgan fingerprint density at radius 3 is 2.16 bits per heavy atom. The molecule has 108 valence electrons. The fourth-order valence-electron chi connectivity index (χ4n) is 2.00. The van der Waals surface area contributed by atoms with Crippen LogP contribution in [0.15, 0.2) is 24.3 Å². The fraction of sp³-hybridized carbons (Fsp3) is 0.647. The fourth-order valence-corrected chi connectivity index (χ4v) is 2.00. The number of rotatable bonds is 8. The van der Waals surface area contributed by atoms with Crippen LogP contribution in [0.2, 0.25) is 0 Å². The van der Waals surface area contributed by atoms with E-state index in [1.807, 2.05) is 0 Å². The summed E-state index contributed by atoms with van der Waals surface area (Å²) in [5.74, 6) is 1.56. The molecule has 0 aliphatic heterocycles. The SMILES string of the molecule is CC(C)NCCCC(C)Oc1ccc(C(C)C)cc1. The monoisotopic (exact) mass is 263 g/mol. The predicted octanol–water partition coefficient (Wildman–Crippen LogP) is 4.36. The quantitative estimate of drug-likeness (QED) is 0.704. The van der Waals surface area contributed by atoms with E-state index in [9.17, 15) is 0 Å². The summed E-state index contributed by atoms with van der Waals surface area (Å²) in [5.41, 5.74) is 1.36. The summed E-state index contributed by atoms with van der Waals surface area (Å²) in [4.78, 5) is 0. The summed E-state index contributed by atoms with van der Waals surface area (Å²) in [5, 5.41) is 3.43. The van der Waals surface area contributed by atoms with E-state index in [0.29, 0.717) is 12.0 Å². The molecule has 0 bridgehead atoms. The number of ether oxygens (including phenoxy) is 1. The Labute approximate surface area is 118 Å². The van der Waals surface area contributed by atoms with Gasteiger partial charge in [0.25, 0.3) is 0 Å². The van der Waals surface area contributed by atoms with Gasteiger partial charge in [-0.15, -0.1) is 0 Å². The molecule has 0 radical (unpaired) electrons. The number of benzene rings is 1. The van der Waals surface area contributed by atoms with Crippen LogP contribution in [0.1, 0.15) is 58.9 Å². The van der Waals surface area contributed by atoms with Gasteiger partial charge in [-0.25, -0.2) is 0 Å². The molecule has 0 saturated heterocycles. The molecular weight excluding hydrogens is 234 g/mol.